The molecule has 0 saturated heterocycles. The second-order valence-corrected chi connectivity index (χ2v) is 5.86. The summed E-state index contributed by atoms with van der Waals surface area (Å²) >= 11 is 0. The number of aromatic nitrogens is 1. The van der Waals surface area contributed by atoms with Gasteiger partial charge in [0.05, 0.1) is 5.56 Å². The first-order chi connectivity index (χ1) is 10.1. The molecule has 1 aromatic heterocycles. The van der Waals surface area contributed by atoms with Crippen LogP contribution in [0.1, 0.15) is 42.5 Å². The van der Waals surface area contributed by atoms with E-state index in [-0.39, 0.29) is 16.8 Å². The standard InChI is InChI=1S/C15H15F3N2O2/c1-14(2,3)11-8-12(20-22-11)19-13(21)9-5-4-6-10(7-9)15(16,17)18/h4-8H,1-3H3,(H,19,20,21). The highest BCUT2D eigenvalue weighted by molar-refractivity contribution is 6.03. The van der Waals surface area contributed by atoms with Crippen LogP contribution in [0.5, 0.6) is 0 Å². The number of benzene rings is 1. The van der Waals surface area contributed by atoms with Crippen molar-refractivity contribution in [2.24, 2.45) is 0 Å². The Hall–Kier alpha value is -2.31. The van der Waals surface area contributed by atoms with Gasteiger partial charge >= 0.3 is 6.18 Å². The summed E-state index contributed by atoms with van der Waals surface area (Å²) in [6.45, 7) is 5.73. The molecule has 0 unspecified atom stereocenters. The Bertz CT molecular complexity index is 685. The normalized spacial score (nSPS) is 12.3. The monoisotopic (exact) mass is 312 g/mol. The van der Waals surface area contributed by atoms with Gasteiger partial charge in [0.15, 0.2) is 5.82 Å². The molecular formula is C15H15F3N2O2. The van der Waals surface area contributed by atoms with E-state index < -0.39 is 17.6 Å². The first kappa shape index (κ1) is 16.1. The zero-order chi connectivity index (χ0) is 16.5. The van der Waals surface area contributed by atoms with Gasteiger partial charge in [-0.15, -0.1) is 0 Å². The predicted molar refractivity (Wildman–Crippen MR) is 74.6 cm³/mol. The van der Waals surface area contributed by atoms with Gasteiger partial charge in [0.25, 0.3) is 5.91 Å². The number of hydrogen-bond donors (Lipinski definition) is 1. The lowest BCUT2D eigenvalue weighted by Gasteiger charge is -2.12. The van der Waals surface area contributed by atoms with Crippen molar-refractivity contribution < 1.29 is 22.5 Å². The van der Waals surface area contributed by atoms with E-state index in [0.717, 1.165) is 12.1 Å². The third kappa shape index (κ3) is 3.66. The summed E-state index contributed by atoms with van der Waals surface area (Å²) in [6, 6.07) is 5.73. The van der Waals surface area contributed by atoms with Crippen molar-refractivity contribution in [3.8, 4) is 0 Å². The lowest BCUT2D eigenvalue weighted by atomic mass is 9.93. The fourth-order valence-corrected chi connectivity index (χ4v) is 1.71. The van der Waals surface area contributed by atoms with Gasteiger partial charge in [-0.3, -0.25) is 4.79 Å². The lowest BCUT2D eigenvalue weighted by Crippen LogP contribution is -2.14. The number of hydrogen-bond acceptors (Lipinski definition) is 3. The van der Waals surface area contributed by atoms with E-state index in [1.165, 1.54) is 12.1 Å². The molecule has 0 spiro atoms. The Morgan fingerprint density at radius 1 is 1.18 bits per heavy atom. The topological polar surface area (TPSA) is 55.1 Å². The third-order valence-electron chi connectivity index (χ3n) is 2.94. The number of amides is 1. The summed E-state index contributed by atoms with van der Waals surface area (Å²) in [4.78, 5) is 12.0. The number of halogens is 3. The zero-order valence-electron chi connectivity index (χ0n) is 12.3. The number of carbonyl (C=O) groups excluding carboxylic acids is 1. The van der Waals surface area contributed by atoms with Crippen LogP contribution in [0.4, 0.5) is 19.0 Å². The first-order valence-corrected chi connectivity index (χ1v) is 6.53. The molecule has 0 fully saturated rings. The van der Waals surface area contributed by atoms with E-state index >= 15 is 0 Å². The predicted octanol–water partition coefficient (Wildman–Crippen LogP) is 4.24. The Morgan fingerprint density at radius 3 is 2.41 bits per heavy atom. The summed E-state index contributed by atoms with van der Waals surface area (Å²) in [5.74, 6) is 0.0408. The highest BCUT2D eigenvalue weighted by Crippen LogP contribution is 2.30. The summed E-state index contributed by atoms with van der Waals surface area (Å²) < 4.78 is 43.0. The van der Waals surface area contributed by atoms with Crippen LogP contribution in [0, 0.1) is 0 Å². The molecule has 0 aliphatic carbocycles. The molecule has 1 aromatic carbocycles. The Morgan fingerprint density at radius 2 is 1.86 bits per heavy atom. The Kier molecular flexibility index (Phi) is 4.00. The molecule has 0 bridgehead atoms. The summed E-state index contributed by atoms with van der Waals surface area (Å²) in [5, 5.41) is 6.11. The highest BCUT2D eigenvalue weighted by atomic mass is 19.4. The van der Waals surface area contributed by atoms with E-state index in [0.29, 0.717) is 5.76 Å². The summed E-state index contributed by atoms with van der Waals surface area (Å²) in [5.41, 5.74) is -1.27. The SMILES string of the molecule is CC(C)(C)c1cc(NC(=O)c2cccc(C(F)(F)F)c2)no1. The van der Waals surface area contributed by atoms with Crippen LogP contribution in [-0.4, -0.2) is 11.1 Å². The van der Waals surface area contributed by atoms with E-state index in [1.54, 1.807) is 6.07 Å². The number of rotatable bonds is 2. The fraction of sp³-hybridized carbons (Fsp3) is 0.333. The molecule has 4 nitrogen and oxygen atoms in total. The minimum absolute atomic E-state index is 0.102. The molecule has 2 aromatic rings. The number of nitrogens with one attached hydrogen (secondary N) is 1. The van der Waals surface area contributed by atoms with Crippen LogP contribution >= 0.6 is 0 Å². The molecule has 22 heavy (non-hydrogen) atoms. The maximum atomic E-state index is 12.6. The molecule has 1 N–H and O–H groups in total. The molecule has 0 saturated carbocycles. The van der Waals surface area contributed by atoms with Gasteiger partial charge in [0, 0.05) is 17.0 Å². The van der Waals surface area contributed by atoms with Crippen molar-refractivity contribution in [1.82, 2.24) is 5.16 Å². The average molecular weight is 312 g/mol. The summed E-state index contributed by atoms with van der Waals surface area (Å²) in [7, 11) is 0. The number of carbonyl (C=O) groups is 1. The fourth-order valence-electron chi connectivity index (χ4n) is 1.71. The van der Waals surface area contributed by atoms with Gasteiger partial charge in [0.2, 0.25) is 0 Å². The van der Waals surface area contributed by atoms with Crippen molar-refractivity contribution in [1.29, 1.82) is 0 Å². The number of nitrogens with zero attached hydrogens (tertiary/aromatic N) is 1. The number of anilines is 1. The molecule has 1 amide bonds. The Labute approximate surface area is 125 Å². The molecule has 0 atom stereocenters. The van der Waals surface area contributed by atoms with E-state index in [9.17, 15) is 18.0 Å². The van der Waals surface area contributed by atoms with Crippen molar-refractivity contribution in [3.05, 3.63) is 47.2 Å². The van der Waals surface area contributed by atoms with Crippen molar-refractivity contribution in [2.45, 2.75) is 32.4 Å². The van der Waals surface area contributed by atoms with Crippen LogP contribution in [0.2, 0.25) is 0 Å². The average Bonchev–Trinajstić information content (AvgIpc) is 2.86. The van der Waals surface area contributed by atoms with Crippen molar-refractivity contribution in [2.75, 3.05) is 5.32 Å². The van der Waals surface area contributed by atoms with Gasteiger partial charge in [-0.1, -0.05) is 32.0 Å². The molecule has 0 radical (unpaired) electrons. The second-order valence-electron chi connectivity index (χ2n) is 5.86. The zero-order valence-corrected chi connectivity index (χ0v) is 12.3. The molecular weight excluding hydrogens is 297 g/mol. The van der Waals surface area contributed by atoms with Gasteiger partial charge < -0.3 is 9.84 Å². The van der Waals surface area contributed by atoms with Gasteiger partial charge in [0.1, 0.15) is 5.76 Å². The molecule has 1 heterocycles. The largest absolute Gasteiger partial charge is 0.416 e. The molecule has 118 valence electrons. The van der Waals surface area contributed by atoms with Crippen molar-refractivity contribution in [3.63, 3.8) is 0 Å². The minimum Gasteiger partial charge on any atom is -0.359 e. The highest BCUT2D eigenvalue weighted by Gasteiger charge is 2.31. The molecule has 7 heteroatoms. The third-order valence-corrected chi connectivity index (χ3v) is 2.94. The Balaban J connectivity index is 2.18. The molecule has 2 rings (SSSR count). The van der Waals surface area contributed by atoms with E-state index in [2.05, 4.69) is 10.5 Å². The van der Waals surface area contributed by atoms with Gasteiger partial charge in [-0.05, 0) is 18.2 Å². The second kappa shape index (κ2) is 5.47. The van der Waals surface area contributed by atoms with E-state index in [1.807, 2.05) is 20.8 Å². The van der Waals surface area contributed by atoms with Gasteiger partial charge in [-0.25, -0.2) is 0 Å². The van der Waals surface area contributed by atoms with Crippen LogP contribution in [0.3, 0.4) is 0 Å². The van der Waals surface area contributed by atoms with Gasteiger partial charge in [-0.2, -0.15) is 13.2 Å². The van der Waals surface area contributed by atoms with E-state index in [4.69, 9.17) is 4.52 Å². The quantitative estimate of drug-likeness (QED) is 0.902. The summed E-state index contributed by atoms with van der Waals surface area (Å²) in [6.07, 6.45) is -4.50. The maximum Gasteiger partial charge on any atom is 0.416 e. The number of alkyl halides is 3. The smallest absolute Gasteiger partial charge is 0.359 e. The molecule has 0 aliphatic rings. The van der Waals surface area contributed by atoms with Crippen molar-refractivity contribution >= 4 is 11.7 Å². The van der Waals surface area contributed by atoms with Crippen LogP contribution in [-0.2, 0) is 11.6 Å². The van der Waals surface area contributed by atoms with Crippen LogP contribution in [0.25, 0.3) is 0 Å². The van der Waals surface area contributed by atoms with Crippen LogP contribution in [0.15, 0.2) is 34.9 Å². The van der Waals surface area contributed by atoms with Crippen LogP contribution < -0.4 is 5.32 Å². The lowest BCUT2D eigenvalue weighted by molar-refractivity contribution is -0.137. The minimum atomic E-state index is -4.50. The first-order valence-electron chi connectivity index (χ1n) is 6.53. The maximum absolute atomic E-state index is 12.6. The molecule has 0 aliphatic heterocycles.